The van der Waals surface area contributed by atoms with Gasteiger partial charge < -0.3 is 0 Å². The summed E-state index contributed by atoms with van der Waals surface area (Å²) in [4.78, 5) is 0. The molecule has 1 aliphatic carbocycles. The summed E-state index contributed by atoms with van der Waals surface area (Å²) in [7, 11) is 0. The van der Waals surface area contributed by atoms with Gasteiger partial charge >= 0.3 is 0 Å². The van der Waals surface area contributed by atoms with Crippen LogP contribution in [0.25, 0.3) is 0 Å². The first-order valence-electron chi connectivity index (χ1n) is 6.14. The molecule has 0 N–H and O–H groups in total. The predicted octanol–water partition coefficient (Wildman–Crippen LogP) is 4.45. The van der Waals surface area contributed by atoms with E-state index in [1.807, 2.05) is 0 Å². The molecule has 1 saturated carbocycles. The van der Waals surface area contributed by atoms with Gasteiger partial charge in [-0.05, 0) is 42.3 Å². The van der Waals surface area contributed by atoms with E-state index in [9.17, 15) is 0 Å². The van der Waals surface area contributed by atoms with Crippen LogP contribution in [0.2, 0.25) is 0 Å². The minimum absolute atomic E-state index is 0.853. The van der Waals surface area contributed by atoms with Crippen LogP contribution in [-0.2, 0) is 0 Å². The van der Waals surface area contributed by atoms with Gasteiger partial charge in [-0.3, -0.25) is 0 Å². The number of hydrogen-bond donors (Lipinski definition) is 0. The SMILES string of the molecule is CC(C)C(C)CCSC(C)C1CC1C. The molecule has 4 atom stereocenters. The molecule has 0 amide bonds. The molecule has 14 heavy (non-hydrogen) atoms. The Hall–Kier alpha value is 0.350. The second-order valence-electron chi connectivity index (χ2n) is 5.46. The zero-order valence-electron chi connectivity index (χ0n) is 10.4. The highest BCUT2D eigenvalue weighted by Gasteiger charge is 2.37. The Morgan fingerprint density at radius 3 is 2.21 bits per heavy atom. The number of rotatable bonds is 6. The smallest absolute Gasteiger partial charge is 0.00496 e. The maximum Gasteiger partial charge on any atom is 0.00496 e. The summed E-state index contributed by atoms with van der Waals surface area (Å²) in [5.74, 6) is 5.16. The molecule has 0 saturated heterocycles. The Labute approximate surface area is 94.2 Å². The van der Waals surface area contributed by atoms with Crippen molar-refractivity contribution in [3.05, 3.63) is 0 Å². The molecule has 0 heterocycles. The second-order valence-corrected chi connectivity index (χ2v) is 6.95. The summed E-state index contributed by atoms with van der Waals surface area (Å²) >= 11 is 2.20. The molecule has 4 unspecified atom stereocenters. The van der Waals surface area contributed by atoms with Crippen LogP contribution in [0.1, 0.15) is 47.5 Å². The molecule has 84 valence electrons. The Morgan fingerprint density at radius 1 is 1.21 bits per heavy atom. The fourth-order valence-corrected chi connectivity index (χ4v) is 3.41. The van der Waals surface area contributed by atoms with E-state index in [1.165, 1.54) is 18.6 Å². The maximum atomic E-state index is 2.42. The fraction of sp³-hybridized carbons (Fsp3) is 1.00. The molecular formula is C13H26S. The van der Waals surface area contributed by atoms with Crippen molar-refractivity contribution in [2.45, 2.75) is 52.7 Å². The Kier molecular flexibility index (Phi) is 4.82. The van der Waals surface area contributed by atoms with Crippen molar-refractivity contribution < 1.29 is 0 Å². The Morgan fingerprint density at radius 2 is 1.79 bits per heavy atom. The standard InChI is InChI=1S/C13H26S/c1-9(2)10(3)6-7-14-12(5)13-8-11(13)4/h9-13H,6-8H2,1-5H3. The molecule has 0 aromatic carbocycles. The van der Waals surface area contributed by atoms with Crippen molar-refractivity contribution in [2.75, 3.05) is 5.75 Å². The molecule has 0 aliphatic heterocycles. The Balaban J connectivity index is 2.03. The number of thioether (sulfide) groups is 1. The first kappa shape index (κ1) is 12.4. The lowest BCUT2D eigenvalue weighted by atomic mass is 9.96. The van der Waals surface area contributed by atoms with Crippen LogP contribution in [0, 0.1) is 23.7 Å². The Bertz CT molecular complexity index is 165. The van der Waals surface area contributed by atoms with Crippen molar-refractivity contribution >= 4 is 11.8 Å². The van der Waals surface area contributed by atoms with E-state index in [-0.39, 0.29) is 0 Å². The highest BCUT2D eigenvalue weighted by atomic mass is 32.2. The third-order valence-electron chi connectivity index (χ3n) is 3.87. The number of hydrogen-bond acceptors (Lipinski definition) is 1. The molecular weight excluding hydrogens is 188 g/mol. The molecule has 0 nitrogen and oxygen atoms in total. The van der Waals surface area contributed by atoms with Crippen LogP contribution in [0.4, 0.5) is 0 Å². The minimum Gasteiger partial charge on any atom is -0.159 e. The third-order valence-corrected chi connectivity index (χ3v) is 5.21. The summed E-state index contributed by atoms with van der Waals surface area (Å²) in [5, 5.41) is 0.907. The first-order valence-corrected chi connectivity index (χ1v) is 7.18. The minimum atomic E-state index is 0.853. The van der Waals surface area contributed by atoms with Crippen molar-refractivity contribution in [1.82, 2.24) is 0 Å². The molecule has 0 radical (unpaired) electrons. The van der Waals surface area contributed by atoms with Gasteiger partial charge in [0, 0.05) is 5.25 Å². The summed E-state index contributed by atoms with van der Waals surface area (Å²) in [6.07, 6.45) is 2.88. The topological polar surface area (TPSA) is 0 Å². The lowest BCUT2D eigenvalue weighted by Crippen LogP contribution is -2.07. The van der Waals surface area contributed by atoms with Gasteiger partial charge in [-0.25, -0.2) is 0 Å². The second kappa shape index (κ2) is 5.44. The normalized spacial score (nSPS) is 30.4. The van der Waals surface area contributed by atoms with Crippen molar-refractivity contribution in [3.63, 3.8) is 0 Å². The van der Waals surface area contributed by atoms with E-state index in [0.29, 0.717) is 0 Å². The molecule has 1 rings (SSSR count). The van der Waals surface area contributed by atoms with E-state index in [4.69, 9.17) is 0 Å². The van der Waals surface area contributed by atoms with E-state index in [0.717, 1.165) is 28.9 Å². The molecule has 1 aliphatic rings. The van der Waals surface area contributed by atoms with Gasteiger partial charge in [-0.15, -0.1) is 0 Å². The summed E-state index contributed by atoms with van der Waals surface area (Å²) in [6, 6.07) is 0. The van der Waals surface area contributed by atoms with E-state index in [1.54, 1.807) is 0 Å². The van der Waals surface area contributed by atoms with Crippen LogP contribution >= 0.6 is 11.8 Å². The lowest BCUT2D eigenvalue weighted by Gasteiger charge is -2.16. The fourth-order valence-electron chi connectivity index (χ4n) is 1.90. The van der Waals surface area contributed by atoms with Gasteiger partial charge in [0.1, 0.15) is 0 Å². The van der Waals surface area contributed by atoms with Gasteiger partial charge in [-0.1, -0.05) is 34.6 Å². The highest BCUT2D eigenvalue weighted by molar-refractivity contribution is 7.99. The average molecular weight is 214 g/mol. The quantitative estimate of drug-likeness (QED) is 0.629. The highest BCUT2D eigenvalue weighted by Crippen LogP contribution is 2.45. The largest absolute Gasteiger partial charge is 0.159 e. The average Bonchev–Trinajstić information content (AvgIpc) is 2.82. The van der Waals surface area contributed by atoms with E-state index < -0.39 is 0 Å². The summed E-state index contributed by atoms with van der Waals surface area (Å²) in [6.45, 7) is 11.9. The molecule has 0 aromatic rings. The van der Waals surface area contributed by atoms with Crippen LogP contribution in [-0.4, -0.2) is 11.0 Å². The monoisotopic (exact) mass is 214 g/mol. The molecule has 0 aromatic heterocycles. The van der Waals surface area contributed by atoms with Gasteiger partial charge in [0.2, 0.25) is 0 Å². The van der Waals surface area contributed by atoms with Crippen LogP contribution in [0.15, 0.2) is 0 Å². The molecule has 0 bridgehead atoms. The van der Waals surface area contributed by atoms with Crippen molar-refractivity contribution in [3.8, 4) is 0 Å². The van der Waals surface area contributed by atoms with E-state index in [2.05, 4.69) is 46.4 Å². The van der Waals surface area contributed by atoms with Gasteiger partial charge in [0.15, 0.2) is 0 Å². The molecule has 0 spiro atoms. The third kappa shape index (κ3) is 3.84. The maximum absolute atomic E-state index is 2.42. The van der Waals surface area contributed by atoms with Crippen molar-refractivity contribution in [1.29, 1.82) is 0 Å². The van der Waals surface area contributed by atoms with Gasteiger partial charge in [0.05, 0.1) is 0 Å². The van der Waals surface area contributed by atoms with E-state index >= 15 is 0 Å². The molecule has 1 heteroatoms. The van der Waals surface area contributed by atoms with Crippen LogP contribution in [0.5, 0.6) is 0 Å². The zero-order chi connectivity index (χ0) is 10.7. The predicted molar refractivity (Wildman–Crippen MR) is 67.8 cm³/mol. The zero-order valence-corrected chi connectivity index (χ0v) is 11.2. The summed E-state index contributed by atoms with van der Waals surface area (Å²) < 4.78 is 0. The van der Waals surface area contributed by atoms with Gasteiger partial charge in [-0.2, -0.15) is 11.8 Å². The molecule has 1 fully saturated rings. The summed E-state index contributed by atoms with van der Waals surface area (Å²) in [5.41, 5.74) is 0. The first-order chi connectivity index (χ1) is 6.52. The van der Waals surface area contributed by atoms with Crippen LogP contribution < -0.4 is 0 Å². The van der Waals surface area contributed by atoms with Crippen molar-refractivity contribution in [2.24, 2.45) is 23.7 Å². The van der Waals surface area contributed by atoms with Gasteiger partial charge in [0.25, 0.3) is 0 Å². The lowest BCUT2D eigenvalue weighted by molar-refractivity contribution is 0.410. The van der Waals surface area contributed by atoms with Crippen LogP contribution in [0.3, 0.4) is 0 Å².